The number of anilines is 1. The van der Waals surface area contributed by atoms with E-state index in [0.717, 1.165) is 12.0 Å². The smallest absolute Gasteiger partial charge is 0.337 e. The van der Waals surface area contributed by atoms with Crippen LogP contribution in [0.2, 0.25) is 10.0 Å². The lowest BCUT2D eigenvalue weighted by Crippen LogP contribution is -2.09. The van der Waals surface area contributed by atoms with Gasteiger partial charge in [-0.15, -0.1) is 0 Å². The Labute approximate surface area is 132 Å². The van der Waals surface area contributed by atoms with Crippen LogP contribution in [0, 0.1) is 6.92 Å². The van der Waals surface area contributed by atoms with Crippen LogP contribution in [0.3, 0.4) is 0 Å². The Bertz CT molecular complexity index is 675. The molecule has 6 heteroatoms. The van der Waals surface area contributed by atoms with E-state index in [2.05, 4.69) is 10.3 Å². The van der Waals surface area contributed by atoms with Crippen molar-refractivity contribution in [3.63, 3.8) is 0 Å². The van der Waals surface area contributed by atoms with Crippen molar-refractivity contribution >= 4 is 35.0 Å². The molecule has 0 radical (unpaired) electrons. The van der Waals surface area contributed by atoms with Gasteiger partial charge in [0.2, 0.25) is 0 Å². The fourth-order valence-corrected chi connectivity index (χ4v) is 2.44. The zero-order valence-corrected chi connectivity index (χ0v) is 12.9. The number of rotatable bonds is 5. The summed E-state index contributed by atoms with van der Waals surface area (Å²) >= 11 is 11.9. The van der Waals surface area contributed by atoms with Crippen molar-refractivity contribution in [1.82, 2.24) is 4.98 Å². The topological polar surface area (TPSA) is 62.2 Å². The Morgan fingerprint density at radius 2 is 2.05 bits per heavy atom. The number of benzene rings is 1. The van der Waals surface area contributed by atoms with Gasteiger partial charge in [0, 0.05) is 16.6 Å². The highest BCUT2D eigenvalue weighted by Crippen LogP contribution is 2.21. The Morgan fingerprint density at radius 3 is 2.67 bits per heavy atom. The zero-order chi connectivity index (χ0) is 15.4. The minimum absolute atomic E-state index is 0.210. The van der Waals surface area contributed by atoms with Gasteiger partial charge >= 0.3 is 5.97 Å². The van der Waals surface area contributed by atoms with Gasteiger partial charge < -0.3 is 10.4 Å². The van der Waals surface area contributed by atoms with Crippen LogP contribution in [0.5, 0.6) is 0 Å². The molecule has 0 unspecified atom stereocenters. The lowest BCUT2D eigenvalue weighted by molar-refractivity contribution is 0.0695. The number of nitrogens with one attached hydrogen (secondary N) is 1. The summed E-state index contributed by atoms with van der Waals surface area (Å²) in [5.41, 5.74) is 1.69. The van der Waals surface area contributed by atoms with Crippen molar-refractivity contribution < 1.29 is 9.90 Å². The summed E-state index contributed by atoms with van der Waals surface area (Å²) in [5.74, 6) is -0.331. The van der Waals surface area contributed by atoms with E-state index >= 15 is 0 Å². The van der Waals surface area contributed by atoms with E-state index in [1.807, 2.05) is 6.07 Å². The van der Waals surface area contributed by atoms with Crippen LogP contribution in [-0.4, -0.2) is 22.6 Å². The van der Waals surface area contributed by atoms with Crippen molar-refractivity contribution in [2.24, 2.45) is 0 Å². The first-order valence-electron chi connectivity index (χ1n) is 6.36. The van der Waals surface area contributed by atoms with Crippen LogP contribution in [0.1, 0.15) is 21.6 Å². The third-order valence-electron chi connectivity index (χ3n) is 3.03. The second kappa shape index (κ2) is 6.78. The fraction of sp³-hybridized carbons (Fsp3) is 0.200. The molecule has 0 aliphatic carbocycles. The van der Waals surface area contributed by atoms with Gasteiger partial charge in [-0.3, -0.25) is 0 Å². The van der Waals surface area contributed by atoms with E-state index in [-0.39, 0.29) is 5.56 Å². The van der Waals surface area contributed by atoms with E-state index in [1.54, 1.807) is 31.2 Å². The van der Waals surface area contributed by atoms with Gasteiger partial charge in [-0.1, -0.05) is 29.3 Å². The summed E-state index contributed by atoms with van der Waals surface area (Å²) in [4.78, 5) is 15.1. The molecule has 21 heavy (non-hydrogen) atoms. The highest BCUT2D eigenvalue weighted by atomic mass is 35.5. The fourth-order valence-electron chi connectivity index (χ4n) is 1.94. The number of pyridine rings is 1. The molecule has 1 heterocycles. The second-order valence-corrected chi connectivity index (χ2v) is 5.39. The Kier molecular flexibility index (Phi) is 5.04. The van der Waals surface area contributed by atoms with Crippen molar-refractivity contribution in [1.29, 1.82) is 0 Å². The summed E-state index contributed by atoms with van der Waals surface area (Å²) in [7, 11) is 0. The van der Waals surface area contributed by atoms with Gasteiger partial charge in [0.25, 0.3) is 0 Å². The molecule has 4 nitrogen and oxygen atoms in total. The normalized spacial score (nSPS) is 10.4. The van der Waals surface area contributed by atoms with Crippen LogP contribution in [0.25, 0.3) is 0 Å². The predicted molar refractivity (Wildman–Crippen MR) is 84.6 cm³/mol. The maximum absolute atomic E-state index is 10.9. The number of aryl methyl sites for hydroxylation is 1. The molecule has 0 saturated carbocycles. The summed E-state index contributed by atoms with van der Waals surface area (Å²) in [6.45, 7) is 2.31. The number of carboxylic acids is 1. The molecule has 0 aliphatic rings. The first-order valence-corrected chi connectivity index (χ1v) is 7.11. The molecule has 0 atom stereocenters. The van der Waals surface area contributed by atoms with Crippen molar-refractivity contribution in [2.45, 2.75) is 13.3 Å². The van der Waals surface area contributed by atoms with Crippen LogP contribution < -0.4 is 5.32 Å². The summed E-state index contributed by atoms with van der Waals surface area (Å²) < 4.78 is 0. The number of hydrogen-bond acceptors (Lipinski definition) is 3. The first kappa shape index (κ1) is 15.6. The largest absolute Gasteiger partial charge is 0.478 e. The number of carboxylic acid groups (broad SMARTS) is 1. The van der Waals surface area contributed by atoms with E-state index in [4.69, 9.17) is 28.3 Å². The van der Waals surface area contributed by atoms with E-state index in [9.17, 15) is 4.79 Å². The number of aromatic carboxylic acids is 1. The first-order chi connectivity index (χ1) is 9.97. The molecule has 1 aromatic carbocycles. The maximum atomic E-state index is 10.9. The Balaban J connectivity index is 1.97. The van der Waals surface area contributed by atoms with E-state index in [0.29, 0.717) is 28.1 Å². The molecule has 1 aromatic heterocycles. The quantitative estimate of drug-likeness (QED) is 0.870. The minimum Gasteiger partial charge on any atom is -0.478 e. The van der Waals surface area contributed by atoms with Crippen LogP contribution in [0.15, 0.2) is 30.3 Å². The molecule has 110 valence electrons. The van der Waals surface area contributed by atoms with Gasteiger partial charge in [0.15, 0.2) is 0 Å². The molecule has 0 fully saturated rings. The molecular formula is C15H14Cl2N2O2. The van der Waals surface area contributed by atoms with Gasteiger partial charge in [0.1, 0.15) is 5.82 Å². The third kappa shape index (κ3) is 4.09. The lowest BCUT2D eigenvalue weighted by Gasteiger charge is -2.09. The van der Waals surface area contributed by atoms with Gasteiger partial charge in [-0.05, 0) is 43.2 Å². The molecule has 0 aliphatic heterocycles. The monoisotopic (exact) mass is 324 g/mol. The highest BCUT2D eigenvalue weighted by molar-refractivity contribution is 6.35. The zero-order valence-electron chi connectivity index (χ0n) is 11.4. The van der Waals surface area contributed by atoms with Gasteiger partial charge in [0.05, 0.1) is 11.3 Å². The molecule has 0 spiro atoms. The number of nitrogens with zero attached hydrogens (tertiary/aromatic N) is 1. The number of hydrogen-bond donors (Lipinski definition) is 2. The van der Waals surface area contributed by atoms with Crippen LogP contribution >= 0.6 is 23.2 Å². The molecule has 2 N–H and O–H groups in total. The molecule has 2 rings (SSSR count). The molecule has 2 aromatic rings. The molecular weight excluding hydrogens is 311 g/mol. The number of halogens is 2. The predicted octanol–water partition coefficient (Wildman–Crippen LogP) is 4.05. The average Bonchev–Trinajstić information content (AvgIpc) is 2.41. The van der Waals surface area contributed by atoms with E-state index in [1.165, 1.54) is 0 Å². The highest BCUT2D eigenvalue weighted by Gasteiger charge is 2.08. The lowest BCUT2D eigenvalue weighted by atomic mass is 10.1. The number of aromatic nitrogens is 1. The third-order valence-corrected chi connectivity index (χ3v) is 3.62. The van der Waals surface area contributed by atoms with Crippen molar-refractivity contribution in [3.05, 3.63) is 57.2 Å². The summed E-state index contributed by atoms with van der Waals surface area (Å²) in [5, 5.41) is 13.3. The average molecular weight is 325 g/mol. The minimum atomic E-state index is -0.973. The Hall–Kier alpha value is -1.78. The maximum Gasteiger partial charge on any atom is 0.337 e. The molecule has 0 saturated heterocycles. The van der Waals surface area contributed by atoms with Crippen molar-refractivity contribution in [3.8, 4) is 0 Å². The molecule has 0 bridgehead atoms. The SMILES string of the molecule is Cc1nc(NCCc2ccc(Cl)cc2Cl)ccc1C(=O)O. The van der Waals surface area contributed by atoms with Crippen molar-refractivity contribution in [2.75, 3.05) is 11.9 Å². The standard InChI is InChI=1S/C15H14Cl2N2O2/c1-9-12(15(20)21)4-5-14(19-9)18-7-6-10-2-3-11(16)8-13(10)17/h2-5,8H,6-7H2,1H3,(H,18,19)(H,20,21). The summed E-state index contributed by atoms with van der Waals surface area (Å²) in [6.07, 6.45) is 0.720. The molecule has 0 amide bonds. The van der Waals surface area contributed by atoms with E-state index < -0.39 is 5.97 Å². The van der Waals surface area contributed by atoms with Crippen LogP contribution in [0.4, 0.5) is 5.82 Å². The van der Waals surface area contributed by atoms with Crippen LogP contribution in [-0.2, 0) is 6.42 Å². The number of carbonyl (C=O) groups is 1. The second-order valence-electron chi connectivity index (χ2n) is 4.55. The van der Waals surface area contributed by atoms with Gasteiger partial charge in [-0.2, -0.15) is 0 Å². The van der Waals surface area contributed by atoms with Gasteiger partial charge in [-0.25, -0.2) is 9.78 Å². The Morgan fingerprint density at radius 1 is 1.29 bits per heavy atom. The summed E-state index contributed by atoms with van der Waals surface area (Å²) in [6, 6.07) is 8.59.